The minimum atomic E-state index is 1.11. The minimum absolute atomic E-state index is 1.11. The van der Waals surface area contributed by atoms with Crippen LogP contribution in [0.3, 0.4) is 0 Å². The standard InChI is InChI=1S/C29H21N3/c1-3-10-22(11-4-1)31(23-12-5-2-6-13-23)24-14-9-15-25(20-24)32-28-17-8-7-16-26(28)27-21-30-19-18-29(27)32/h1-21H. The predicted molar refractivity (Wildman–Crippen MR) is 133 cm³/mol. The van der Waals surface area contributed by atoms with Gasteiger partial charge in [0.2, 0.25) is 0 Å². The van der Waals surface area contributed by atoms with Crippen molar-refractivity contribution in [2.45, 2.75) is 0 Å². The molecule has 152 valence electrons. The normalized spacial score (nSPS) is 11.1. The number of hydrogen-bond donors (Lipinski definition) is 0. The lowest BCUT2D eigenvalue weighted by Crippen LogP contribution is -2.10. The van der Waals surface area contributed by atoms with Crippen LogP contribution in [0, 0.1) is 0 Å². The van der Waals surface area contributed by atoms with E-state index in [1.807, 2.05) is 12.4 Å². The van der Waals surface area contributed by atoms with Gasteiger partial charge in [-0.1, -0.05) is 60.7 Å². The molecule has 2 heterocycles. The van der Waals surface area contributed by atoms with Gasteiger partial charge in [-0.15, -0.1) is 0 Å². The summed E-state index contributed by atoms with van der Waals surface area (Å²) in [6.07, 6.45) is 3.82. The number of anilines is 3. The Kier molecular flexibility index (Phi) is 4.43. The van der Waals surface area contributed by atoms with Crippen LogP contribution >= 0.6 is 0 Å². The Hall–Kier alpha value is -4.37. The van der Waals surface area contributed by atoms with Crippen LogP contribution in [0.4, 0.5) is 17.1 Å². The van der Waals surface area contributed by atoms with Gasteiger partial charge in [0.1, 0.15) is 0 Å². The van der Waals surface area contributed by atoms with Crippen molar-refractivity contribution >= 4 is 38.9 Å². The van der Waals surface area contributed by atoms with Crippen LogP contribution in [0.5, 0.6) is 0 Å². The van der Waals surface area contributed by atoms with E-state index >= 15 is 0 Å². The third-order valence-corrected chi connectivity index (χ3v) is 5.85. The van der Waals surface area contributed by atoms with Gasteiger partial charge in [0, 0.05) is 45.9 Å². The van der Waals surface area contributed by atoms with Crippen molar-refractivity contribution in [2.24, 2.45) is 0 Å². The van der Waals surface area contributed by atoms with Gasteiger partial charge in [-0.25, -0.2) is 0 Å². The Labute approximate surface area is 186 Å². The van der Waals surface area contributed by atoms with Gasteiger partial charge in [-0.2, -0.15) is 0 Å². The molecule has 0 aliphatic rings. The van der Waals surface area contributed by atoms with Gasteiger partial charge in [0.05, 0.1) is 11.0 Å². The Bertz CT molecular complexity index is 1430. The van der Waals surface area contributed by atoms with Crippen molar-refractivity contribution in [2.75, 3.05) is 4.90 Å². The second kappa shape index (κ2) is 7.71. The molecule has 0 amide bonds. The summed E-state index contributed by atoms with van der Waals surface area (Å²) in [7, 11) is 0. The molecule has 0 atom stereocenters. The number of pyridine rings is 1. The van der Waals surface area contributed by atoms with E-state index in [9.17, 15) is 0 Å². The van der Waals surface area contributed by atoms with Gasteiger partial charge in [-0.3, -0.25) is 4.98 Å². The molecule has 2 aromatic heterocycles. The van der Waals surface area contributed by atoms with Crippen LogP contribution in [0.1, 0.15) is 0 Å². The topological polar surface area (TPSA) is 21.1 Å². The molecular weight excluding hydrogens is 390 g/mol. The van der Waals surface area contributed by atoms with Crippen molar-refractivity contribution in [1.29, 1.82) is 0 Å². The molecule has 3 nitrogen and oxygen atoms in total. The fourth-order valence-corrected chi connectivity index (χ4v) is 4.47. The number of aromatic nitrogens is 2. The summed E-state index contributed by atoms with van der Waals surface area (Å²) in [5, 5.41) is 2.38. The van der Waals surface area contributed by atoms with Gasteiger partial charge >= 0.3 is 0 Å². The average Bonchev–Trinajstić information content (AvgIpc) is 3.20. The van der Waals surface area contributed by atoms with E-state index in [0.29, 0.717) is 0 Å². The lowest BCUT2D eigenvalue weighted by Gasteiger charge is -2.26. The Morgan fingerprint density at radius 3 is 1.91 bits per heavy atom. The number of nitrogens with zero attached hydrogens (tertiary/aromatic N) is 3. The van der Waals surface area contributed by atoms with Crippen LogP contribution < -0.4 is 4.90 Å². The number of para-hydroxylation sites is 3. The van der Waals surface area contributed by atoms with Gasteiger partial charge in [0.15, 0.2) is 0 Å². The molecule has 6 rings (SSSR count). The molecular formula is C29H21N3. The fraction of sp³-hybridized carbons (Fsp3) is 0. The molecule has 0 radical (unpaired) electrons. The highest BCUT2D eigenvalue weighted by molar-refractivity contribution is 6.08. The quantitative estimate of drug-likeness (QED) is 0.297. The second-order valence-corrected chi connectivity index (χ2v) is 7.77. The largest absolute Gasteiger partial charge is 0.310 e. The molecule has 0 fully saturated rings. The van der Waals surface area contributed by atoms with Crippen LogP contribution in [-0.2, 0) is 0 Å². The summed E-state index contributed by atoms with van der Waals surface area (Å²) in [6, 6.07) is 40.3. The zero-order chi connectivity index (χ0) is 21.3. The van der Waals surface area contributed by atoms with Crippen LogP contribution in [0.25, 0.3) is 27.5 Å². The summed E-state index contributed by atoms with van der Waals surface area (Å²) < 4.78 is 2.32. The molecule has 3 heteroatoms. The smallest absolute Gasteiger partial charge is 0.0571 e. The van der Waals surface area contributed by atoms with Gasteiger partial charge < -0.3 is 9.47 Å². The van der Waals surface area contributed by atoms with Crippen LogP contribution in [0.2, 0.25) is 0 Å². The fourth-order valence-electron chi connectivity index (χ4n) is 4.47. The molecule has 0 saturated carbocycles. The highest BCUT2D eigenvalue weighted by Gasteiger charge is 2.15. The van der Waals surface area contributed by atoms with Crippen LogP contribution in [-0.4, -0.2) is 9.55 Å². The van der Waals surface area contributed by atoms with Crippen molar-refractivity contribution in [3.8, 4) is 5.69 Å². The third-order valence-electron chi connectivity index (χ3n) is 5.85. The lowest BCUT2D eigenvalue weighted by molar-refractivity contribution is 1.16. The van der Waals surface area contributed by atoms with E-state index < -0.39 is 0 Å². The number of rotatable bonds is 4. The summed E-state index contributed by atoms with van der Waals surface area (Å²) >= 11 is 0. The first-order chi connectivity index (χ1) is 15.9. The summed E-state index contributed by atoms with van der Waals surface area (Å²) in [5.41, 5.74) is 6.82. The molecule has 6 aromatic rings. The van der Waals surface area contributed by atoms with E-state index in [-0.39, 0.29) is 0 Å². The molecule has 0 spiro atoms. The van der Waals surface area contributed by atoms with Crippen molar-refractivity contribution in [3.05, 3.63) is 128 Å². The van der Waals surface area contributed by atoms with Gasteiger partial charge in [0.25, 0.3) is 0 Å². The molecule has 4 aromatic carbocycles. The van der Waals surface area contributed by atoms with E-state index in [2.05, 4.69) is 130 Å². The summed E-state index contributed by atoms with van der Waals surface area (Å²) in [5.74, 6) is 0. The SMILES string of the molecule is c1ccc(N(c2ccccc2)c2cccc(-n3c4ccccc4c4cnccc43)c2)cc1. The lowest BCUT2D eigenvalue weighted by atomic mass is 10.1. The van der Waals surface area contributed by atoms with Gasteiger partial charge in [-0.05, 0) is 54.6 Å². The van der Waals surface area contributed by atoms with Crippen molar-refractivity contribution < 1.29 is 0 Å². The molecule has 0 aliphatic heterocycles. The first-order valence-electron chi connectivity index (χ1n) is 10.7. The molecule has 0 unspecified atom stereocenters. The summed E-state index contributed by atoms with van der Waals surface area (Å²) in [6.45, 7) is 0. The molecule has 0 aliphatic carbocycles. The monoisotopic (exact) mass is 411 g/mol. The molecule has 32 heavy (non-hydrogen) atoms. The van der Waals surface area contributed by atoms with Crippen molar-refractivity contribution in [3.63, 3.8) is 0 Å². The maximum absolute atomic E-state index is 4.37. The van der Waals surface area contributed by atoms with Crippen LogP contribution in [0.15, 0.2) is 128 Å². The number of hydrogen-bond acceptors (Lipinski definition) is 2. The maximum atomic E-state index is 4.37. The molecule has 0 bridgehead atoms. The van der Waals surface area contributed by atoms with E-state index in [0.717, 1.165) is 33.7 Å². The Balaban J connectivity index is 1.59. The minimum Gasteiger partial charge on any atom is -0.310 e. The predicted octanol–water partition coefficient (Wildman–Crippen LogP) is 7.65. The summed E-state index contributed by atoms with van der Waals surface area (Å²) in [4.78, 5) is 6.66. The average molecular weight is 412 g/mol. The highest BCUT2D eigenvalue weighted by atomic mass is 15.1. The van der Waals surface area contributed by atoms with E-state index in [4.69, 9.17) is 0 Å². The first-order valence-corrected chi connectivity index (χ1v) is 10.7. The van der Waals surface area contributed by atoms with Crippen molar-refractivity contribution in [1.82, 2.24) is 9.55 Å². The third kappa shape index (κ3) is 3.03. The van der Waals surface area contributed by atoms with E-state index in [1.165, 1.54) is 10.9 Å². The Morgan fingerprint density at radius 1 is 0.531 bits per heavy atom. The number of fused-ring (bicyclic) bond motifs is 3. The van der Waals surface area contributed by atoms with E-state index in [1.54, 1.807) is 0 Å². The second-order valence-electron chi connectivity index (χ2n) is 7.77. The first kappa shape index (κ1) is 18.4. The zero-order valence-corrected chi connectivity index (χ0v) is 17.5. The highest BCUT2D eigenvalue weighted by Crippen LogP contribution is 2.37. The Morgan fingerprint density at radius 2 is 1.16 bits per heavy atom. The molecule has 0 saturated heterocycles. The molecule has 0 N–H and O–H groups in total. The zero-order valence-electron chi connectivity index (χ0n) is 17.5. The number of benzene rings is 4. The maximum Gasteiger partial charge on any atom is 0.0571 e.